The van der Waals surface area contributed by atoms with Crippen LogP contribution in [0.15, 0.2) is 42.6 Å². The molecular weight excluding hydrogens is 398 g/mol. The fourth-order valence-electron chi connectivity index (χ4n) is 4.29. The Morgan fingerprint density at radius 1 is 1.09 bits per heavy atom. The number of likely N-dealkylation sites (tertiary alicyclic amines) is 1. The molecule has 0 spiro atoms. The second-order valence-electron chi connectivity index (χ2n) is 9.85. The van der Waals surface area contributed by atoms with E-state index in [4.69, 9.17) is 4.74 Å². The van der Waals surface area contributed by atoms with Gasteiger partial charge in [0.2, 0.25) is 0 Å². The van der Waals surface area contributed by atoms with Crippen LogP contribution >= 0.6 is 0 Å². The lowest BCUT2D eigenvalue weighted by Crippen LogP contribution is -2.36. The number of nitrogens with one attached hydrogen (secondary N) is 1. The van der Waals surface area contributed by atoms with E-state index in [0.29, 0.717) is 6.54 Å². The van der Waals surface area contributed by atoms with Gasteiger partial charge in [-0.3, -0.25) is 4.90 Å². The number of amides is 1. The van der Waals surface area contributed by atoms with Gasteiger partial charge in [0.1, 0.15) is 11.4 Å². The Bertz CT molecular complexity index is 1120. The minimum absolute atomic E-state index is 0.0817. The van der Waals surface area contributed by atoms with Crippen LogP contribution in [0.4, 0.5) is 4.79 Å². The first-order valence-electron chi connectivity index (χ1n) is 11.4. The van der Waals surface area contributed by atoms with Crippen LogP contribution in [0.1, 0.15) is 62.2 Å². The largest absolute Gasteiger partial charge is 0.444 e. The summed E-state index contributed by atoms with van der Waals surface area (Å²) in [7, 11) is 0. The molecule has 2 aromatic carbocycles. The maximum absolute atomic E-state index is 12.7. The fraction of sp³-hybridized carbons (Fsp3) is 0.407. The number of hydrogen-bond acceptors (Lipinski definition) is 3. The van der Waals surface area contributed by atoms with E-state index in [0.717, 1.165) is 29.9 Å². The minimum atomic E-state index is -0.510. The molecule has 1 saturated heterocycles. The van der Waals surface area contributed by atoms with Gasteiger partial charge in [-0.1, -0.05) is 29.8 Å². The van der Waals surface area contributed by atoms with Gasteiger partial charge in [0.15, 0.2) is 0 Å². The molecule has 5 nitrogen and oxygen atoms in total. The molecule has 0 aliphatic carbocycles. The quantitative estimate of drug-likeness (QED) is 0.499. The number of benzene rings is 2. The van der Waals surface area contributed by atoms with Crippen molar-refractivity contribution >= 4 is 6.09 Å². The molecule has 1 atom stereocenters. The van der Waals surface area contributed by atoms with Crippen LogP contribution in [-0.4, -0.2) is 33.1 Å². The van der Waals surface area contributed by atoms with Gasteiger partial charge >= 0.3 is 6.09 Å². The third kappa shape index (κ3) is 4.57. The highest BCUT2D eigenvalue weighted by Crippen LogP contribution is 2.35. The van der Waals surface area contributed by atoms with E-state index >= 15 is 0 Å². The molecule has 3 aromatic rings. The molecule has 1 aliphatic rings. The molecule has 0 radical (unpaired) electrons. The van der Waals surface area contributed by atoms with Crippen molar-refractivity contribution in [1.29, 1.82) is 0 Å². The van der Waals surface area contributed by atoms with E-state index in [1.165, 1.54) is 27.8 Å². The van der Waals surface area contributed by atoms with Gasteiger partial charge in [-0.25, -0.2) is 9.78 Å². The molecule has 1 amide bonds. The summed E-state index contributed by atoms with van der Waals surface area (Å²) in [6.07, 6.45) is 3.43. The molecule has 1 aromatic heterocycles. The summed E-state index contributed by atoms with van der Waals surface area (Å²) >= 11 is 0. The SMILES string of the molecule is Cc1ccc(-c2cc(-c3cnc([C@@H]4CCCN4C(=O)OC(C)(C)C)[nH]3)cc(C)c2C)cc1. The number of aryl methyl sites for hydroxylation is 2. The molecule has 5 heteroatoms. The van der Waals surface area contributed by atoms with E-state index < -0.39 is 5.60 Å². The van der Waals surface area contributed by atoms with Crippen molar-refractivity contribution < 1.29 is 9.53 Å². The number of aromatic amines is 1. The van der Waals surface area contributed by atoms with Crippen molar-refractivity contribution in [2.75, 3.05) is 6.54 Å². The van der Waals surface area contributed by atoms with Crippen molar-refractivity contribution in [1.82, 2.24) is 14.9 Å². The van der Waals surface area contributed by atoms with Crippen LogP contribution in [0, 0.1) is 20.8 Å². The van der Waals surface area contributed by atoms with Gasteiger partial charge < -0.3 is 9.72 Å². The van der Waals surface area contributed by atoms with Crippen LogP contribution in [-0.2, 0) is 4.74 Å². The Kier molecular flexibility index (Phi) is 5.85. The molecule has 1 fully saturated rings. The van der Waals surface area contributed by atoms with Gasteiger partial charge in [-0.2, -0.15) is 0 Å². The number of aromatic nitrogens is 2. The molecule has 1 aliphatic heterocycles. The predicted molar refractivity (Wildman–Crippen MR) is 129 cm³/mol. The normalized spacial score (nSPS) is 16.4. The molecule has 0 bridgehead atoms. The lowest BCUT2D eigenvalue weighted by atomic mass is 9.93. The zero-order chi connectivity index (χ0) is 23.0. The van der Waals surface area contributed by atoms with E-state index in [1.54, 1.807) is 4.90 Å². The maximum atomic E-state index is 12.7. The third-order valence-electron chi connectivity index (χ3n) is 6.13. The molecule has 32 heavy (non-hydrogen) atoms. The minimum Gasteiger partial charge on any atom is -0.444 e. The monoisotopic (exact) mass is 431 g/mol. The topological polar surface area (TPSA) is 58.2 Å². The predicted octanol–water partition coefficient (Wildman–Crippen LogP) is 6.74. The Balaban J connectivity index is 1.64. The summed E-state index contributed by atoms with van der Waals surface area (Å²) in [5.74, 6) is 0.818. The maximum Gasteiger partial charge on any atom is 0.410 e. The third-order valence-corrected chi connectivity index (χ3v) is 6.13. The Hall–Kier alpha value is -3.08. The summed E-state index contributed by atoms with van der Waals surface area (Å²) in [6, 6.07) is 13.0. The van der Waals surface area contributed by atoms with Crippen molar-refractivity contribution in [2.24, 2.45) is 0 Å². The highest BCUT2D eigenvalue weighted by atomic mass is 16.6. The van der Waals surface area contributed by atoms with Crippen molar-refractivity contribution in [3.63, 3.8) is 0 Å². The Labute approximate surface area is 190 Å². The second-order valence-corrected chi connectivity index (χ2v) is 9.85. The number of ether oxygens (including phenoxy) is 1. The van der Waals surface area contributed by atoms with Gasteiger partial charge in [0.05, 0.1) is 17.9 Å². The number of H-pyrrole nitrogens is 1. The van der Waals surface area contributed by atoms with E-state index in [-0.39, 0.29) is 12.1 Å². The van der Waals surface area contributed by atoms with Crippen LogP contribution < -0.4 is 0 Å². The first-order chi connectivity index (χ1) is 15.1. The number of hydrogen-bond donors (Lipinski definition) is 1. The summed E-state index contributed by atoms with van der Waals surface area (Å²) < 4.78 is 5.61. The zero-order valence-corrected chi connectivity index (χ0v) is 20.0. The van der Waals surface area contributed by atoms with Gasteiger partial charge in [-0.05, 0) is 88.8 Å². The molecule has 4 rings (SSSR count). The number of carbonyl (C=O) groups excluding carboxylic acids is 1. The van der Waals surface area contributed by atoms with E-state index in [1.807, 2.05) is 27.0 Å². The number of carbonyl (C=O) groups is 1. The average molecular weight is 432 g/mol. The molecule has 0 saturated carbocycles. The summed E-state index contributed by atoms with van der Waals surface area (Å²) in [6.45, 7) is 12.8. The molecular formula is C27H33N3O2. The second kappa shape index (κ2) is 8.45. The van der Waals surface area contributed by atoms with Gasteiger partial charge in [0.25, 0.3) is 0 Å². The van der Waals surface area contributed by atoms with Crippen LogP contribution in [0.25, 0.3) is 22.4 Å². The Morgan fingerprint density at radius 3 is 2.50 bits per heavy atom. The molecule has 2 heterocycles. The van der Waals surface area contributed by atoms with Crippen LogP contribution in [0.5, 0.6) is 0 Å². The number of nitrogens with zero attached hydrogens (tertiary/aromatic N) is 2. The molecule has 0 unspecified atom stereocenters. The van der Waals surface area contributed by atoms with Gasteiger partial charge in [-0.15, -0.1) is 0 Å². The standard InChI is InChI=1S/C27H33N3O2/c1-17-9-11-20(12-10-17)22-15-21(14-18(2)19(22)3)23-16-28-25(29-23)24-8-7-13-30(24)26(31)32-27(4,5)6/h9-12,14-16,24H,7-8,13H2,1-6H3,(H,28,29)/t24-/m0/s1. The van der Waals surface area contributed by atoms with E-state index in [2.05, 4.69) is 67.1 Å². The fourth-order valence-corrected chi connectivity index (χ4v) is 4.29. The smallest absolute Gasteiger partial charge is 0.410 e. The number of imidazole rings is 1. The first kappa shape index (κ1) is 22.1. The highest BCUT2D eigenvalue weighted by Gasteiger charge is 2.34. The number of rotatable bonds is 3. The van der Waals surface area contributed by atoms with Crippen LogP contribution in [0.2, 0.25) is 0 Å². The zero-order valence-electron chi connectivity index (χ0n) is 20.0. The first-order valence-corrected chi connectivity index (χ1v) is 11.4. The van der Waals surface area contributed by atoms with Gasteiger partial charge in [0, 0.05) is 12.1 Å². The summed E-state index contributed by atoms with van der Waals surface area (Å²) in [4.78, 5) is 22.6. The summed E-state index contributed by atoms with van der Waals surface area (Å²) in [5.41, 5.74) is 7.77. The average Bonchev–Trinajstić information content (AvgIpc) is 3.38. The highest BCUT2D eigenvalue weighted by molar-refractivity contribution is 5.76. The van der Waals surface area contributed by atoms with E-state index in [9.17, 15) is 4.79 Å². The van der Waals surface area contributed by atoms with Crippen molar-refractivity contribution in [3.8, 4) is 22.4 Å². The lowest BCUT2D eigenvalue weighted by Gasteiger charge is -2.27. The van der Waals surface area contributed by atoms with Crippen molar-refractivity contribution in [3.05, 3.63) is 65.1 Å². The lowest BCUT2D eigenvalue weighted by molar-refractivity contribution is 0.0218. The Morgan fingerprint density at radius 2 is 1.81 bits per heavy atom. The van der Waals surface area contributed by atoms with Crippen LogP contribution in [0.3, 0.4) is 0 Å². The molecule has 168 valence electrons. The molecule has 1 N–H and O–H groups in total. The van der Waals surface area contributed by atoms with Crippen molar-refractivity contribution in [2.45, 2.75) is 66.0 Å². The summed E-state index contributed by atoms with van der Waals surface area (Å²) in [5, 5.41) is 0.